The van der Waals surface area contributed by atoms with Gasteiger partial charge in [0.2, 0.25) is 0 Å². The van der Waals surface area contributed by atoms with Gasteiger partial charge in [0.05, 0.1) is 13.1 Å². The predicted octanol–water partition coefficient (Wildman–Crippen LogP) is 2.34. The minimum atomic E-state index is -0.236. The van der Waals surface area contributed by atoms with Crippen molar-refractivity contribution in [2.24, 2.45) is 4.99 Å². The Labute approximate surface area is 207 Å². The van der Waals surface area contributed by atoms with Gasteiger partial charge in [-0.15, -0.1) is 24.0 Å². The third-order valence-corrected chi connectivity index (χ3v) is 5.84. The van der Waals surface area contributed by atoms with Crippen molar-refractivity contribution >= 4 is 35.8 Å². The molecule has 174 valence electrons. The molecule has 8 nitrogen and oxygen atoms in total. The quantitative estimate of drug-likeness (QED) is 0.339. The lowest BCUT2D eigenvalue weighted by Crippen LogP contribution is -2.55. The maximum atomic E-state index is 12.6. The molecule has 2 aliphatic heterocycles. The van der Waals surface area contributed by atoms with Crippen LogP contribution in [0.25, 0.3) is 0 Å². The number of nitrogens with zero attached hydrogens (tertiary/aromatic N) is 5. The van der Waals surface area contributed by atoms with Gasteiger partial charge in [-0.3, -0.25) is 9.48 Å². The number of nitrogens with one attached hydrogen (secondary N) is 1. The van der Waals surface area contributed by atoms with E-state index >= 15 is 0 Å². The Kier molecular flexibility index (Phi) is 9.34. The highest BCUT2D eigenvalue weighted by Gasteiger charge is 2.30. The highest BCUT2D eigenvalue weighted by Crippen LogP contribution is 2.16. The van der Waals surface area contributed by atoms with Crippen molar-refractivity contribution in [3.63, 3.8) is 0 Å². The number of rotatable bonds is 6. The third-order valence-electron chi connectivity index (χ3n) is 5.84. The molecule has 1 aromatic carbocycles. The molecule has 0 bridgehead atoms. The van der Waals surface area contributed by atoms with Crippen LogP contribution < -0.4 is 5.32 Å². The molecule has 2 saturated heterocycles. The SMILES string of the molecule is CCNC(=NCc1ccccc1Cn1cccn1)N1CCN(C(=O)C2CCCO2)CC1.I. The number of amides is 1. The first kappa shape index (κ1) is 24.5. The maximum Gasteiger partial charge on any atom is 0.251 e. The van der Waals surface area contributed by atoms with Crippen LogP contribution >= 0.6 is 24.0 Å². The van der Waals surface area contributed by atoms with Gasteiger partial charge in [0.1, 0.15) is 6.10 Å². The van der Waals surface area contributed by atoms with E-state index in [-0.39, 0.29) is 36.0 Å². The number of benzene rings is 1. The van der Waals surface area contributed by atoms with Crippen LogP contribution in [-0.2, 0) is 22.6 Å². The van der Waals surface area contributed by atoms with Gasteiger partial charge in [0.25, 0.3) is 5.91 Å². The largest absolute Gasteiger partial charge is 0.368 e. The molecule has 9 heteroatoms. The van der Waals surface area contributed by atoms with E-state index in [0.717, 1.165) is 45.0 Å². The van der Waals surface area contributed by atoms with Crippen LogP contribution in [0.15, 0.2) is 47.7 Å². The second-order valence-corrected chi connectivity index (χ2v) is 7.96. The Morgan fingerprint density at radius 1 is 1.16 bits per heavy atom. The van der Waals surface area contributed by atoms with Crippen LogP contribution in [0.3, 0.4) is 0 Å². The zero-order valence-corrected chi connectivity index (χ0v) is 21.0. The molecule has 1 unspecified atom stereocenters. The van der Waals surface area contributed by atoms with Gasteiger partial charge in [-0.05, 0) is 37.0 Å². The number of piperazine rings is 1. The number of carbonyl (C=O) groups is 1. The molecule has 1 N–H and O–H groups in total. The van der Waals surface area contributed by atoms with E-state index in [0.29, 0.717) is 26.2 Å². The van der Waals surface area contributed by atoms with Gasteiger partial charge < -0.3 is 19.9 Å². The Balaban J connectivity index is 0.00000289. The molecule has 4 rings (SSSR count). The van der Waals surface area contributed by atoms with Crippen molar-refractivity contribution in [2.75, 3.05) is 39.3 Å². The lowest BCUT2D eigenvalue weighted by Gasteiger charge is -2.37. The van der Waals surface area contributed by atoms with Crippen molar-refractivity contribution in [3.05, 3.63) is 53.9 Å². The average molecular weight is 552 g/mol. The molecule has 0 saturated carbocycles. The standard InChI is InChI=1S/C23H32N6O2.HI/c1-2-24-23(28-14-12-27(13-15-28)22(30)21-9-5-16-31-21)25-17-19-7-3-4-8-20(19)18-29-11-6-10-26-29;/h3-4,6-8,10-11,21H,2,5,9,12-18H2,1H3,(H,24,25);1H. The summed E-state index contributed by atoms with van der Waals surface area (Å²) < 4.78 is 7.50. The fourth-order valence-electron chi connectivity index (χ4n) is 4.14. The van der Waals surface area contributed by atoms with Crippen LogP contribution in [0.5, 0.6) is 0 Å². The maximum absolute atomic E-state index is 12.6. The van der Waals surface area contributed by atoms with Crippen LogP contribution in [0.1, 0.15) is 30.9 Å². The Hall–Kier alpha value is -2.14. The highest BCUT2D eigenvalue weighted by molar-refractivity contribution is 14.0. The number of aromatic nitrogens is 2. The second-order valence-electron chi connectivity index (χ2n) is 7.96. The summed E-state index contributed by atoms with van der Waals surface area (Å²) in [5, 5.41) is 7.74. The molecule has 0 aliphatic carbocycles. The van der Waals surface area contributed by atoms with Crippen LogP contribution in [0.4, 0.5) is 0 Å². The summed E-state index contributed by atoms with van der Waals surface area (Å²) in [4.78, 5) is 21.7. The summed E-state index contributed by atoms with van der Waals surface area (Å²) in [5.41, 5.74) is 2.42. The lowest BCUT2D eigenvalue weighted by atomic mass is 10.1. The van der Waals surface area contributed by atoms with E-state index < -0.39 is 0 Å². The van der Waals surface area contributed by atoms with Gasteiger partial charge in [-0.1, -0.05) is 24.3 Å². The number of aliphatic imine (C=N–C) groups is 1. The van der Waals surface area contributed by atoms with Gasteiger partial charge in [-0.2, -0.15) is 5.10 Å². The smallest absolute Gasteiger partial charge is 0.251 e. The average Bonchev–Trinajstić information content (AvgIpc) is 3.52. The number of hydrogen-bond donors (Lipinski definition) is 1. The predicted molar refractivity (Wildman–Crippen MR) is 135 cm³/mol. The fraction of sp³-hybridized carbons (Fsp3) is 0.522. The number of carbonyl (C=O) groups excluding carboxylic acids is 1. The molecule has 1 aromatic heterocycles. The van der Waals surface area contributed by atoms with E-state index in [1.807, 2.05) is 21.8 Å². The lowest BCUT2D eigenvalue weighted by molar-refractivity contribution is -0.142. The summed E-state index contributed by atoms with van der Waals surface area (Å²) in [6.45, 7) is 7.90. The van der Waals surface area contributed by atoms with Gasteiger partial charge in [0.15, 0.2) is 5.96 Å². The third kappa shape index (κ3) is 6.22. The topological polar surface area (TPSA) is 75.0 Å². The summed E-state index contributed by atoms with van der Waals surface area (Å²) in [6, 6.07) is 10.3. The van der Waals surface area contributed by atoms with Gasteiger partial charge >= 0.3 is 0 Å². The Morgan fingerprint density at radius 3 is 2.56 bits per heavy atom. The van der Waals surface area contributed by atoms with Crippen molar-refractivity contribution < 1.29 is 9.53 Å². The Bertz CT molecular complexity index is 874. The summed E-state index contributed by atoms with van der Waals surface area (Å²) in [5.74, 6) is 1.05. The molecule has 2 aliphatic rings. The van der Waals surface area contributed by atoms with Crippen LogP contribution in [-0.4, -0.2) is 76.9 Å². The van der Waals surface area contributed by atoms with Crippen LogP contribution in [0.2, 0.25) is 0 Å². The molecule has 32 heavy (non-hydrogen) atoms. The number of ether oxygens (including phenoxy) is 1. The minimum Gasteiger partial charge on any atom is -0.368 e. The van der Waals surface area contributed by atoms with Gasteiger partial charge in [0, 0.05) is 51.7 Å². The van der Waals surface area contributed by atoms with E-state index in [1.54, 1.807) is 6.20 Å². The summed E-state index contributed by atoms with van der Waals surface area (Å²) in [7, 11) is 0. The molecule has 3 heterocycles. The van der Waals surface area contributed by atoms with Crippen molar-refractivity contribution in [2.45, 2.75) is 39.0 Å². The normalized spacial score (nSPS) is 19.0. The monoisotopic (exact) mass is 552 g/mol. The van der Waals surface area contributed by atoms with E-state index in [9.17, 15) is 4.79 Å². The molecule has 0 radical (unpaired) electrons. The highest BCUT2D eigenvalue weighted by atomic mass is 127. The van der Waals surface area contributed by atoms with Crippen LogP contribution in [0, 0.1) is 0 Å². The van der Waals surface area contributed by atoms with Crippen molar-refractivity contribution in [3.8, 4) is 0 Å². The molecular weight excluding hydrogens is 519 g/mol. The van der Waals surface area contributed by atoms with E-state index in [4.69, 9.17) is 9.73 Å². The molecular formula is C23H33IN6O2. The van der Waals surface area contributed by atoms with Gasteiger partial charge in [-0.25, -0.2) is 4.99 Å². The summed E-state index contributed by atoms with van der Waals surface area (Å²) >= 11 is 0. The first-order valence-electron chi connectivity index (χ1n) is 11.2. The molecule has 1 amide bonds. The number of hydrogen-bond acceptors (Lipinski definition) is 4. The summed E-state index contributed by atoms with van der Waals surface area (Å²) in [6.07, 6.45) is 5.37. The molecule has 0 spiro atoms. The van der Waals surface area contributed by atoms with E-state index in [2.05, 4.69) is 46.5 Å². The first-order chi connectivity index (χ1) is 15.2. The second kappa shape index (κ2) is 12.2. The molecule has 2 fully saturated rings. The molecule has 1 atom stereocenters. The fourth-order valence-corrected chi connectivity index (χ4v) is 4.14. The Morgan fingerprint density at radius 2 is 1.91 bits per heavy atom. The minimum absolute atomic E-state index is 0. The molecule has 2 aromatic rings. The number of guanidine groups is 1. The van der Waals surface area contributed by atoms with E-state index in [1.165, 1.54) is 11.1 Å². The zero-order valence-electron chi connectivity index (χ0n) is 18.7. The zero-order chi connectivity index (χ0) is 21.5. The first-order valence-corrected chi connectivity index (χ1v) is 11.2. The number of halogens is 1. The van der Waals surface area contributed by atoms with Crippen molar-refractivity contribution in [1.29, 1.82) is 0 Å². The van der Waals surface area contributed by atoms with Crippen molar-refractivity contribution in [1.82, 2.24) is 24.9 Å².